The van der Waals surface area contributed by atoms with Gasteiger partial charge in [-0.2, -0.15) is 17.6 Å². The first kappa shape index (κ1) is 56.6. The molecule has 6 aromatic carbocycles. The van der Waals surface area contributed by atoms with E-state index in [1.165, 1.54) is 24.3 Å². The van der Waals surface area contributed by atoms with Crippen LogP contribution in [0.3, 0.4) is 0 Å². The van der Waals surface area contributed by atoms with Crippen LogP contribution in [-0.2, 0) is 27.9 Å². The van der Waals surface area contributed by atoms with E-state index in [-0.39, 0.29) is 35.8 Å². The Labute approximate surface area is 427 Å². The van der Waals surface area contributed by atoms with Crippen LogP contribution in [0, 0.1) is 46.5 Å². The topological polar surface area (TPSA) is 83.6 Å². The molecule has 0 atom stereocenters. The quantitative estimate of drug-likeness (QED) is 0.0374. The van der Waals surface area contributed by atoms with E-state index in [1.54, 1.807) is 12.1 Å². The molecular formula is C50H40Br2Cl2F8N2O4Ti. The number of phenols is 2. The van der Waals surface area contributed by atoms with Crippen LogP contribution >= 0.6 is 50.5 Å². The molecule has 0 unspecified atom stereocenters. The Morgan fingerprint density at radius 1 is 0.551 bits per heavy atom. The van der Waals surface area contributed by atoms with Crippen LogP contribution in [0.1, 0.15) is 61.1 Å². The summed E-state index contributed by atoms with van der Waals surface area (Å²) >= 11 is 6.16. The average Bonchev–Trinajstić information content (AvgIpc) is 3.33. The predicted molar refractivity (Wildman–Crippen MR) is 259 cm³/mol. The summed E-state index contributed by atoms with van der Waals surface area (Å²) in [5.74, 6) is -16.5. The SMILES string of the molecule is C=CCOc1c(F)c(F)c(N=Cc2cc(Br)cc(C(C)(C)c3ccccc3)c2O)c(F)c1F.C=CCOc1c(F)c(F)c(N=Cc2cc(Br)cc(C(C)(C)c3ccccc3)c2O)c(F)c1F.[Cl][Ti][Cl]. The molecule has 0 aliphatic heterocycles. The molecule has 19 heteroatoms. The van der Waals surface area contributed by atoms with Gasteiger partial charge in [0.25, 0.3) is 0 Å². The monoisotopic (exact) mass is 1160 g/mol. The van der Waals surface area contributed by atoms with Crippen molar-refractivity contribution in [1.82, 2.24) is 0 Å². The Bertz CT molecular complexity index is 2630. The number of halogens is 12. The van der Waals surface area contributed by atoms with Gasteiger partial charge in [0.15, 0.2) is 34.8 Å². The zero-order chi connectivity index (χ0) is 51.4. The van der Waals surface area contributed by atoms with E-state index in [9.17, 15) is 45.3 Å². The van der Waals surface area contributed by atoms with Crippen molar-refractivity contribution in [3.05, 3.63) is 199 Å². The molecule has 69 heavy (non-hydrogen) atoms. The molecule has 0 radical (unpaired) electrons. The zero-order valence-corrected chi connectivity index (χ0v) is 43.1. The van der Waals surface area contributed by atoms with Crippen molar-refractivity contribution in [2.45, 2.75) is 38.5 Å². The van der Waals surface area contributed by atoms with E-state index in [0.717, 1.165) is 23.6 Å². The van der Waals surface area contributed by atoms with Crippen molar-refractivity contribution in [3.8, 4) is 23.0 Å². The van der Waals surface area contributed by atoms with Gasteiger partial charge in [0.2, 0.25) is 23.3 Å². The zero-order valence-electron chi connectivity index (χ0n) is 36.9. The van der Waals surface area contributed by atoms with Gasteiger partial charge in [-0.25, -0.2) is 27.5 Å². The van der Waals surface area contributed by atoms with Crippen molar-refractivity contribution < 1.29 is 71.8 Å². The third kappa shape index (κ3) is 13.3. The molecule has 0 spiro atoms. The maximum atomic E-state index is 14.4. The minimum atomic E-state index is -1.72. The summed E-state index contributed by atoms with van der Waals surface area (Å²) in [6.45, 7) is 13.5. The molecule has 0 aliphatic carbocycles. The van der Waals surface area contributed by atoms with Gasteiger partial charge in [0.05, 0.1) is 0 Å². The molecule has 362 valence electrons. The second-order valence-corrected chi connectivity index (χ2v) is 19.8. The van der Waals surface area contributed by atoms with Gasteiger partial charge < -0.3 is 19.7 Å². The van der Waals surface area contributed by atoms with E-state index in [2.05, 4.69) is 64.5 Å². The van der Waals surface area contributed by atoms with Crippen molar-refractivity contribution in [1.29, 1.82) is 0 Å². The summed E-state index contributed by atoms with van der Waals surface area (Å²) in [5.41, 5.74) is -0.613. The first-order valence-electron chi connectivity index (χ1n) is 20.0. The number of aliphatic imine (C=N–C) groups is 2. The van der Waals surface area contributed by atoms with Crippen LogP contribution in [0.15, 0.2) is 129 Å². The number of rotatable bonds is 14. The van der Waals surface area contributed by atoms with Gasteiger partial charge in [-0.1, -0.05) is 146 Å². The van der Waals surface area contributed by atoms with Gasteiger partial charge in [0, 0.05) is 54.5 Å². The van der Waals surface area contributed by atoms with Crippen LogP contribution in [0.5, 0.6) is 23.0 Å². The van der Waals surface area contributed by atoms with Crippen molar-refractivity contribution in [3.63, 3.8) is 0 Å². The van der Waals surface area contributed by atoms with E-state index < -0.39 is 97.3 Å². The second kappa shape index (κ2) is 25.2. The number of hydrogen-bond acceptors (Lipinski definition) is 6. The molecular weight excluding hydrogens is 1120 g/mol. The molecule has 0 amide bonds. The molecule has 6 rings (SSSR count). The fourth-order valence-corrected chi connectivity index (χ4v) is 7.59. The van der Waals surface area contributed by atoms with E-state index >= 15 is 0 Å². The second-order valence-electron chi connectivity index (χ2n) is 15.4. The minimum absolute atomic E-state index is 0.0926. The molecule has 2 N–H and O–H groups in total. The molecule has 0 heterocycles. The van der Waals surface area contributed by atoms with E-state index in [0.29, 0.717) is 20.1 Å². The summed E-state index contributed by atoms with van der Waals surface area (Å²) in [5, 5.41) is 21.8. The molecule has 0 aromatic heterocycles. The van der Waals surface area contributed by atoms with Gasteiger partial charge in [-0.3, -0.25) is 0 Å². The number of nitrogens with zero attached hydrogens (tertiary/aromatic N) is 2. The van der Waals surface area contributed by atoms with Gasteiger partial charge in [-0.15, -0.1) is 0 Å². The molecule has 0 saturated heterocycles. The molecule has 0 bridgehead atoms. The van der Waals surface area contributed by atoms with Gasteiger partial charge in [-0.05, 0) is 35.4 Å². The first-order chi connectivity index (χ1) is 32.6. The summed E-state index contributed by atoms with van der Waals surface area (Å²) in [4.78, 5) is 7.21. The molecule has 6 aromatic rings. The van der Waals surface area contributed by atoms with Crippen LogP contribution < -0.4 is 9.47 Å². The van der Waals surface area contributed by atoms with E-state index in [1.807, 2.05) is 88.4 Å². The Balaban J connectivity index is 0.000000284. The van der Waals surface area contributed by atoms with Crippen molar-refractivity contribution >= 4 is 74.3 Å². The summed E-state index contributed by atoms with van der Waals surface area (Å²) in [6.07, 6.45) is 4.22. The number of ether oxygens (including phenoxy) is 2. The number of phenolic OH excluding ortho intramolecular Hbond substituents is 2. The maximum absolute atomic E-state index is 14.4. The molecule has 0 fully saturated rings. The normalized spacial score (nSPS) is 11.4. The van der Waals surface area contributed by atoms with Crippen LogP contribution in [0.25, 0.3) is 0 Å². The Kier molecular flexibility index (Phi) is 20.7. The summed E-state index contributed by atoms with van der Waals surface area (Å²) < 4.78 is 125. The molecule has 6 nitrogen and oxygen atoms in total. The third-order valence-corrected chi connectivity index (χ3v) is 11.2. The number of hydrogen-bond donors (Lipinski definition) is 2. The van der Waals surface area contributed by atoms with Crippen molar-refractivity contribution in [2.75, 3.05) is 13.2 Å². The van der Waals surface area contributed by atoms with Crippen LogP contribution in [0.4, 0.5) is 46.5 Å². The van der Waals surface area contributed by atoms with Crippen molar-refractivity contribution in [2.24, 2.45) is 9.98 Å². The standard InChI is InChI=1S/2C25H20BrF4NO2.2ClH.Ti/c2*1-4-10-33-24-20(29)18(27)22(19(28)21(24)30)31-13-14-11-16(26)12-17(23(14)32)25(2,3)15-8-6-5-7-9-15;;;/h2*4-9,11-13,32H,1,10H2,2-3H3;2*1H;/q;;;;+2/p-2. The number of benzene rings is 6. The van der Waals surface area contributed by atoms with E-state index in [4.69, 9.17) is 18.6 Å². The average molecular weight is 1160 g/mol. The van der Waals surface area contributed by atoms with Crippen LogP contribution in [0.2, 0.25) is 0 Å². The fourth-order valence-electron chi connectivity index (χ4n) is 6.64. The Morgan fingerprint density at radius 2 is 0.841 bits per heavy atom. The summed E-state index contributed by atoms with van der Waals surface area (Å²) in [7, 11) is 9.78. The Morgan fingerprint density at radius 3 is 1.12 bits per heavy atom. The first-order valence-corrected chi connectivity index (χ1v) is 25.9. The third-order valence-electron chi connectivity index (χ3n) is 10.3. The van der Waals surface area contributed by atoms with Gasteiger partial charge in [0.1, 0.15) is 36.1 Å². The molecule has 0 saturated carbocycles. The van der Waals surface area contributed by atoms with Gasteiger partial charge >= 0.3 is 35.6 Å². The summed E-state index contributed by atoms with van der Waals surface area (Å²) in [6, 6.07) is 25.2. The van der Waals surface area contributed by atoms with Crippen LogP contribution in [-0.4, -0.2) is 35.9 Å². The number of aromatic hydroxyl groups is 2. The molecule has 0 aliphatic rings. The Hall–Kier alpha value is -4.97. The fraction of sp³-hybridized carbons (Fsp3) is 0.160. The predicted octanol–water partition coefficient (Wildman–Crippen LogP) is 16.1.